The fourth-order valence-corrected chi connectivity index (χ4v) is 1.63. The highest BCUT2D eigenvalue weighted by Crippen LogP contribution is 2.18. The molecule has 0 spiro atoms. The minimum absolute atomic E-state index is 0.00457. The van der Waals surface area contributed by atoms with Gasteiger partial charge in [0.05, 0.1) is 0 Å². The van der Waals surface area contributed by atoms with E-state index in [1.165, 1.54) is 12.3 Å². The quantitative estimate of drug-likeness (QED) is 0.655. The summed E-state index contributed by atoms with van der Waals surface area (Å²) in [4.78, 5) is 26.8. The molecule has 1 aromatic heterocycles. The normalized spacial score (nSPS) is 13.9. The van der Waals surface area contributed by atoms with Crippen LogP contribution >= 0.6 is 0 Å². The molecule has 1 heterocycles. The molecule has 0 radical (unpaired) electrons. The van der Waals surface area contributed by atoms with E-state index in [0.29, 0.717) is 25.4 Å². The lowest BCUT2D eigenvalue weighted by Crippen LogP contribution is -2.28. The van der Waals surface area contributed by atoms with Gasteiger partial charge in [0.2, 0.25) is 5.91 Å². The van der Waals surface area contributed by atoms with Crippen LogP contribution < -0.4 is 10.6 Å². The summed E-state index contributed by atoms with van der Waals surface area (Å²) in [6.07, 6.45) is 4.55. The largest absolute Gasteiger partial charge is 0.505 e. The average molecular weight is 263 g/mol. The topological polar surface area (TPSA) is 91.3 Å². The summed E-state index contributed by atoms with van der Waals surface area (Å²) in [5.41, 5.74) is 0.00457. The standard InChI is InChI=1S/C13H17N3O3/c17-10-3-1-7-14-12(10)13(19)15-8-2-4-11(18)16-9-5-6-9/h1,3,7,9,17H,2,4-6,8H2,(H,15,19)(H,16,18). The van der Waals surface area contributed by atoms with Crippen LogP contribution in [-0.4, -0.2) is 34.5 Å². The lowest BCUT2D eigenvalue weighted by molar-refractivity contribution is -0.121. The summed E-state index contributed by atoms with van der Waals surface area (Å²) < 4.78 is 0. The number of rotatable bonds is 6. The highest BCUT2D eigenvalue weighted by Gasteiger charge is 2.22. The molecule has 1 saturated carbocycles. The van der Waals surface area contributed by atoms with E-state index in [1.807, 2.05) is 0 Å². The molecule has 0 bridgehead atoms. The van der Waals surface area contributed by atoms with Crippen molar-refractivity contribution < 1.29 is 14.7 Å². The van der Waals surface area contributed by atoms with Crippen molar-refractivity contribution >= 4 is 11.8 Å². The molecule has 0 aromatic carbocycles. The second-order valence-electron chi connectivity index (χ2n) is 4.57. The smallest absolute Gasteiger partial charge is 0.273 e. The maximum atomic E-state index is 11.7. The number of aromatic hydroxyl groups is 1. The van der Waals surface area contributed by atoms with Crippen LogP contribution in [0.3, 0.4) is 0 Å². The van der Waals surface area contributed by atoms with Gasteiger partial charge in [-0.15, -0.1) is 0 Å². The molecule has 1 aliphatic rings. The zero-order valence-corrected chi connectivity index (χ0v) is 10.6. The SMILES string of the molecule is O=C(CCCNC(=O)c1ncccc1O)NC1CC1. The van der Waals surface area contributed by atoms with Crippen LogP contribution in [0.15, 0.2) is 18.3 Å². The van der Waals surface area contributed by atoms with Crippen molar-refractivity contribution in [3.8, 4) is 5.75 Å². The number of nitrogens with zero attached hydrogens (tertiary/aromatic N) is 1. The first-order chi connectivity index (χ1) is 9.16. The minimum atomic E-state index is -0.430. The van der Waals surface area contributed by atoms with E-state index in [0.717, 1.165) is 12.8 Å². The Labute approximate surface area is 111 Å². The van der Waals surface area contributed by atoms with Crippen LogP contribution in [0.2, 0.25) is 0 Å². The molecule has 0 saturated heterocycles. The third kappa shape index (κ3) is 4.24. The monoisotopic (exact) mass is 263 g/mol. The number of hydrogen-bond acceptors (Lipinski definition) is 4. The van der Waals surface area contributed by atoms with Gasteiger partial charge < -0.3 is 15.7 Å². The summed E-state index contributed by atoms with van der Waals surface area (Å²) >= 11 is 0. The van der Waals surface area contributed by atoms with Crippen molar-refractivity contribution in [3.63, 3.8) is 0 Å². The number of aromatic nitrogens is 1. The molecule has 2 amide bonds. The van der Waals surface area contributed by atoms with Crippen LogP contribution in [0.4, 0.5) is 0 Å². The maximum Gasteiger partial charge on any atom is 0.273 e. The lowest BCUT2D eigenvalue weighted by Gasteiger charge is -2.06. The Balaban J connectivity index is 1.66. The first-order valence-corrected chi connectivity index (χ1v) is 6.38. The van der Waals surface area contributed by atoms with Gasteiger partial charge in [-0.1, -0.05) is 0 Å². The maximum absolute atomic E-state index is 11.7. The zero-order chi connectivity index (χ0) is 13.7. The van der Waals surface area contributed by atoms with Crippen molar-refractivity contribution in [2.75, 3.05) is 6.54 Å². The van der Waals surface area contributed by atoms with Crippen molar-refractivity contribution in [1.29, 1.82) is 0 Å². The Bertz CT molecular complexity index is 472. The van der Waals surface area contributed by atoms with E-state index in [4.69, 9.17) is 0 Å². The molecular weight excluding hydrogens is 246 g/mol. The first-order valence-electron chi connectivity index (χ1n) is 6.38. The summed E-state index contributed by atoms with van der Waals surface area (Å²) in [7, 11) is 0. The van der Waals surface area contributed by atoms with Gasteiger partial charge in [0.1, 0.15) is 5.75 Å². The third-order valence-corrected chi connectivity index (χ3v) is 2.81. The molecule has 1 aromatic rings. The predicted molar refractivity (Wildman–Crippen MR) is 68.6 cm³/mol. The van der Waals surface area contributed by atoms with Crippen LogP contribution in [0.1, 0.15) is 36.2 Å². The Hall–Kier alpha value is -2.11. The van der Waals surface area contributed by atoms with Gasteiger partial charge >= 0.3 is 0 Å². The van der Waals surface area contributed by atoms with Gasteiger partial charge in [-0.25, -0.2) is 4.98 Å². The molecule has 3 N–H and O–H groups in total. The van der Waals surface area contributed by atoms with Crippen LogP contribution in [0.5, 0.6) is 5.75 Å². The molecule has 0 unspecified atom stereocenters. The first kappa shape index (κ1) is 13.3. The molecule has 1 fully saturated rings. The molecular formula is C13H17N3O3. The molecule has 0 atom stereocenters. The Kier molecular flexibility index (Phi) is 4.33. The van der Waals surface area contributed by atoms with Crippen molar-refractivity contribution in [2.45, 2.75) is 31.7 Å². The van der Waals surface area contributed by atoms with Gasteiger partial charge in [-0.2, -0.15) is 0 Å². The number of nitrogens with one attached hydrogen (secondary N) is 2. The highest BCUT2D eigenvalue weighted by atomic mass is 16.3. The molecule has 0 aliphatic heterocycles. The average Bonchev–Trinajstić information content (AvgIpc) is 3.19. The van der Waals surface area contributed by atoms with E-state index < -0.39 is 5.91 Å². The van der Waals surface area contributed by atoms with Gasteiger partial charge in [0, 0.05) is 25.2 Å². The summed E-state index contributed by atoms with van der Waals surface area (Å²) in [5.74, 6) is -0.551. The number of amides is 2. The molecule has 102 valence electrons. The van der Waals surface area contributed by atoms with Gasteiger partial charge in [-0.05, 0) is 31.4 Å². The molecule has 6 heteroatoms. The van der Waals surface area contributed by atoms with Crippen LogP contribution in [0.25, 0.3) is 0 Å². The Morgan fingerprint density at radius 3 is 2.89 bits per heavy atom. The molecule has 6 nitrogen and oxygen atoms in total. The summed E-state index contributed by atoms with van der Waals surface area (Å²) in [6, 6.07) is 3.33. The van der Waals surface area contributed by atoms with E-state index >= 15 is 0 Å². The number of pyridine rings is 1. The second-order valence-corrected chi connectivity index (χ2v) is 4.57. The molecule has 2 rings (SSSR count). The number of carbonyl (C=O) groups excluding carboxylic acids is 2. The van der Waals surface area contributed by atoms with E-state index in [2.05, 4.69) is 15.6 Å². The van der Waals surface area contributed by atoms with E-state index in [1.54, 1.807) is 6.07 Å². The molecule has 1 aliphatic carbocycles. The summed E-state index contributed by atoms with van der Waals surface area (Å²) in [6.45, 7) is 0.382. The van der Waals surface area contributed by atoms with E-state index in [9.17, 15) is 14.7 Å². The third-order valence-electron chi connectivity index (χ3n) is 2.81. The van der Waals surface area contributed by atoms with Crippen LogP contribution in [0, 0.1) is 0 Å². The Morgan fingerprint density at radius 1 is 1.42 bits per heavy atom. The second kappa shape index (κ2) is 6.17. The van der Waals surface area contributed by atoms with Gasteiger partial charge in [0.25, 0.3) is 5.91 Å². The fraction of sp³-hybridized carbons (Fsp3) is 0.462. The fourth-order valence-electron chi connectivity index (χ4n) is 1.63. The van der Waals surface area contributed by atoms with Crippen molar-refractivity contribution in [1.82, 2.24) is 15.6 Å². The van der Waals surface area contributed by atoms with Gasteiger partial charge in [-0.3, -0.25) is 9.59 Å². The van der Waals surface area contributed by atoms with Crippen molar-refractivity contribution in [2.24, 2.45) is 0 Å². The zero-order valence-electron chi connectivity index (χ0n) is 10.6. The number of carbonyl (C=O) groups is 2. The van der Waals surface area contributed by atoms with Crippen molar-refractivity contribution in [3.05, 3.63) is 24.0 Å². The lowest BCUT2D eigenvalue weighted by atomic mass is 10.2. The van der Waals surface area contributed by atoms with E-state index in [-0.39, 0.29) is 17.4 Å². The Morgan fingerprint density at radius 2 is 2.21 bits per heavy atom. The highest BCUT2D eigenvalue weighted by molar-refractivity contribution is 5.94. The van der Waals surface area contributed by atoms with Crippen LogP contribution in [-0.2, 0) is 4.79 Å². The minimum Gasteiger partial charge on any atom is -0.505 e. The predicted octanol–water partition coefficient (Wildman–Crippen LogP) is 0.576. The summed E-state index contributed by atoms with van der Waals surface area (Å²) in [5, 5.41) is 14.9. The molecule has 19 heavy (non-hydrogen) atoms. The number of hydrogen-bond donors (Lipinski definition) is 3. The van der Waals surface area contributed by atoms with Gasteiger partial charge in [0.15, 0.2) is 5.69 Å².